The molecule has 0 saturated heterocycles. The fraction of sp³-hybridized carbons (Fsp3) is 0.875. The van der Waals surface area contributed by atoms with Crippen molar-refractivity contribution in [1.29, 1.82) is 0 Å². The van der Waals surface area contributed by atoms with E-state index in [1.807, 2.05) is 0 Å². The summed E-state index contributed by atoms with van der Waals surface area (Å²) in [5, 5.41) is 10.8. The number of hydroxylamine groups is 2. The van der Waals surface area contributed by atoms with Crippen LogP contribution in [0.4, 0.5) is 0 Å². The first-order chi connectivity index (χ1) is 5.90. The van der Waals surface area contributed by atoms with Crippen molar-refractivity contribution in [3.63, 3.8) is 0 Å². The molecule has 0 aromatic rings. The molecule has 0 saturated carbocycles. The Morgan fingerprint density at radius 3 is 1.92 bits per heavy atom. The van der Waals surface area contributed by atoms with E-state index in [9.17, 15) is 5.21 Å². The number of aliphatic imine (C=N–C) groups is 1. The third kappa shape index (κ3) is 1.28. The van der Waals surface area contributed by atoms with Crippen molar-refractivity contribution in [2.75, 3.05) is 14.2 Å². The monoisotopic (exact) mass is 188 g/mol. The quantitative estimate of drug-likeness (QED) is 0.652. The van der Waals surface area contributed by atoms with Gasteiger partial charge in [0, 0.05) is 14.2 Å². The lowest BCUT2D eigenvalue weighted by molar-refractivity contribution is -0.359. The predicted molar refractivity (Wildman–Crippen MR) is 47.6 cm³/mol. The molecule has 76 valence electrons. The highest BCUT2D eigenvalue weighted by atomic mass is 16.8. The minimum absolute atomic E-state index is 0.602. The number of ether oxygens (including phenoxy) is 2. The molecular weight excluding hydrogens is 172 g/mol. The lowest BCUT2D eigenvalue weighted by atomic mass is 10.2. The lowest BCUT2D eigenvalue weighted by Crippen LogP contribution is -2.56. The van der Waals surface area contributed by atoms with Crippen LogP contribution in [0.1, 0.15) is 20.8 Å². The zero-order valence-electron chi connectivity index (χ0n) is 8.66. The Morgan fingerprint density at radius 2 is 1.77 bits per heavy atom. The zero-order valence-corrected chi connectivity index (χ0v) is 8.66. The van der Waals surface area contributed by atoms with Crippen molar-refractivity contribution in [1.82, 2.24) is 5.06 Å². The average Bonchev–Trinajstić information content (AvgIpc) is 2.22. The fourth-order valence-electron chi connectivity index (χ4n) is 1.59. The molecule has 5 nitrogen and oxygen atoms in total. The van der Waals surface area contributed by atoms with Gasteiger partial charge in [0.1, 0.15) is 5.66 Å². The molecule has 0 amide bonds. The topological polar surface area (TPSA) is 54.3 Å². The summed E-state index contributed by atoms with van der Waals surface area (Å²) >= 11 is 0. The molecule has 0 spiro atoms. The molecule has 1 heterocycles. The van der Waals surface area contributed by atoms with Gasteiger partial charge in [0.15, 0.2) is 0 Å². The van der Waals surface area contributed by atoms with Crippen molar-refractivity contribution >= 4 is 5.71 Å². The Hall–Kier alpha value is -0.490. The van der Waals surface area contributed by atoms with Crippen molar-refractivity contribution in [3.05, 3.63) is 0 Å². The van der Waals surface area contributed by atoms with Gasteiger partial charge in [-0.2, -0.15) is 0 Å². The SMILES string of the molecule is COC1(OC)C(C)=NC(C)(C)N1O. The van der Waals surface area contributed by atoms with Gasteiger partial charge >= 0.3 is 0 Å². The van der Waals surface area contributed by atoms with Crippen LogP contribution in [0.2, 0.25) is 0 Å². The van der Waals surface area contributed by atoms with Gasteiger partial charge < -0.3 is 14.7 Å². The molecule has 0 aromatic carbocycles. The highest BCUT2D eigenvalue weighted by molar-refractivity contribution is 5.90. The molecule has 0 aliphatic carbocycles. The fourth-order valence-corrected chi connectivity index (χ4v) is 1.59. The van der Waals surface area contributed by atoms with Crippen LogP contribution in [-0.2, 0) is 9.47 Å². The minimum atomic E-state index is -1.23. The van der Waals surface area contributed by atoms with Gasteiger partial charge in [-0.3, -0.25) is 4.99 Å². The largest absolute Gasteiger partial charge is 0.334 e. The van der Waals surface area contributed by atoms with E-state index in [4.69, 9.17) is 9.47 Å². The summed E-state index contributed by atoms with van der Waals surface area (Å²) in [5.74, 6) is -1.23. The summed E-state index contributed by atoms with van der Waals surface area (Å²) in [7, 11) is 2.93. The molecule has 13 heavy (non-hydrogen) atoms. The summed E-state index contributed by atoms with van der Waals surface area (Å²) < 4.78 is 10.3. The molecule has 5 heteroatoms. The second-order valence-electron chi connectivity index (χ2n) is 3.49. The molecule has 1 aliphatic rings. The normalized spacial score (nSPS) is 26.2. The van der Waals surface area contributed by atoms with E-state index in [-0.39, 0.29) is 0 Å². The van der Waals surface area contributed by atoms with Gasteiger partial charge in [0.05, 0.1) is 5.71 Å². The highest BCUT2D eigenvalue weighted by Crippen LogP contribution is 2.34. The van der Waals surface area contributed by atoms with Gasteiger partial charge in [0.25, 0.3) is 5.91 Å². The van der Waals surface area contributed by atoms with E-state index < -0.39 is 11.6 Å². The van der Waals surface area contributed by atoms with E-state index in [1.165, 1.54) is 14.2 Å². The molecule has 0 aromatic heterocycles. The van der Waals surface area contributed by atoms with Crippen molar-refractivity contribution in [2.45, 2.75) is 32.3 Å². The Morgan fingerprint density at radius 1 is 1.31 bits per heavy atom. The smallest absolute Gasteiger partial charge is 0.295 e. The van der Waals surface area contributed by atoms with E-state index in [0.717, 1.165) is 5.06 Å². The third-order valence-electron chi connectivity index (χ3n) is 2.25. The summed E-state index contributed by atoms with van der Waals surface area (Å²) in [5.41, 5.74) is -0.110. The van der Waals surface area contributed by atoms with Crippen molar-refractivity contribution in [2.24, 2.45) is 4.99 Å². The Balaban J connectivity index is 3.09. The zero-order chi connectivity index (χ0) is 10.3. The first-order valence-electron chi connectivity index (χ1n) is 4.07. The molecule has 1 aliphatic heterocycles. The molecule has 1 N–H and O–H groups in total. The first kappa shape index (κ1) is 10.6. The molecule has 0 bridgehead atoms. The molecular formula is C8H16N2O3. The van der Waals surface area contributed by atoms with E-state index in [0.29, 0.717) is 5.71 Å². The standard InChI is InChI=1S/C8H16N2O3/c1-6-8(12-4,13-5)10(11)7(2,3)9-6/h11H,1-5H3. The minimum Gasteiger partial charge on any atom is -0.334 e. The van der Waals surface area contributed by atoms with E-state index in [1.54, 1.807) is 20.8 Å². The summed E-state index contributed by atoms with van der Waals surface area (Å²) in [4.78, 5) is 4.24. The van der Waals surface area contributed by atoms with E-state index in [2.05, 4.69) is 4.99 Å². The lowest BCUT2D eigenvalue weighted by Gasteiger charge is -2.35. The van der Waals surface area contributed by atoms with Gasteiger partial charge in [-0.1, -0.05) is 0 Å². The average molecular weight is 188 g/mol. The van der Waals surface area contributed by atoms with Crippen molar-refractivity contribution in [3.8, 4) is 0 Å². The Bertz CT molecular complexity index is 234. The van der Waals surface area contributed by atoms with Gasteiger partial charge in [-0.05, 0) is 20.8 Å². The summed E-state index contributed by atoms with van der Waals surface area (Å²) in [6.07, 6.45) is 0. The van der Waals surface area contributed by atoms with Gasteiger partial charge in [0.2, 0.25) is 0 Å². The molecule has 0 unspecified atom stereocenters. The number of hydrogen-bond donors (Lipinski definition) is 1. The van der Waals surface area contributed by atoms with Crippen LogP contribution in [0.5, 0.6) is 0 Å². The maximum Gasteiger partial charge on any atom is 0.295 e. The van der Waals surface area contributed by atoms with Crippen LogP contribution in [-0.4, -0.2) is 41.8 Å². The maximum atomic E-state index is 9.81. The summed E-state index contributed by atoms with van der Waals surface area (Å²) in [6.45, 7) is 5.30. The molecule has 0 radical (unpaired) electrons. The molecule has 1 rings (SSSR count). The second kappa shape index (κ2) is 3.02. The first-order valence-corrected chi connectivity index (χ1v) is 4.07. The Labute approximate surface area is 77.9 Å². The maximum absolute atomic E-state index is 9.81. The highest BCUT2D eigenvalue weighted by Gasteiger charge is 2.53. The predicted octanol–water partition coefficient (Wildman–Crippen LogP) is 0.835. The number of hydrogen-bond acceptors (Lipinski definition) is 5. The van der Waals surface area contributed by atoms with Gasteiger partial charge in [-0.25, -0.2) is 0 Å². The van der Waals surface area contributed by atoms with Crippen LogP contribution in [0.15, 0.2) is 4.99 Å². The number of methoxy groups -OCH3 is 2. The Kier molecular flexibility index (Phi) is 2.46. The van der Waals surface area contributed by atoms with Crippen LogP contribution >= 0.6 is 0 Å². The van der Waals surface area contributed by atoms with E-state index >= 15 is 0 Å². The second-order valence-corrected chi connectivity index (χ2v) is 3.49. The number of nitrogens with zero attached hydrogens (tertiary/aromatic N) is 2. The van der Waals surface area contributed by atoms with Gasteiger partial charge in [-0.15, -0.1) is 5.06 Å². The van der Waals surface area contributed by atoms with Crippen LogP contribution < -0.4 is 0 Å². The van der Waals surface area contributed by atoms with Crippen molar-refractivity contribution < 1.29 is 14.7 Å². The molecule has 0 atom stereocenters. The van der Waals surface area contributed by atoms with Crippen LogP contribution in [0.25, 0.3) is 0 Å². The third-order valence-corrected chi connectivity index (χ3v) is 2.25. The van der Waals surface area contributed by atoms with Crippen LogP contribution in [0.3, 0.4) is 0 Å². The molecule has 0 fully saturated rings. The summed E-state index contributed by atoms with van der Waals surface area (Å²) in [6, 6.07) is 0. The van der Waals surface area contributed by atoms with Crippen LogP contribution in [0, 0.1) is 0 Å². The number of rotatable bonds is 2.